The highest BCUT2D eigenvalue weighted by Gasteiger charge is 2.07. The Kier molecular flexibility index (Phi) is 6.01. The Morgan fingerprint density at radius 1 is 1.41 bits per heavy atom. The fourth-order valence-corrected chi connectivity index (χ4v) is 1.93. The Morgan fingerprint density at radius 2 is 2.12 bits per heavy atom. The average molecular weight is 255 g/mol. The fourth-order valence-electron chi connectivity index (χ4n) is 1.63. The van der Waals surface area contributed by atoms with Crippen LogP contribution in [0.3, 0.4) is 0 Å². The maximum Gasteiger partial charge on any atom is 0.219 e. The maximum absolute atomic E-state index is 11.0. The quantitative estimate of drug-likeness (QED) is 0.766. The van der Waals surface area contributed by atoms with Gasteiger partial charge in [-0.25, -0.2) is 0 Å². The third-order valence-electron chi connectivity index (χ3n) is 2.68. The lowest BCUT2D eigenvalue weighted by Gasteiger charge is -2.15. The lowest BCUT2D eigenvalue weighted by molar-refractivity contribution is -0.120. The van der Waals surface area contributed by atoms with Crippen molar-refractivity contribution in [3.63, 3.8) is 0 Å². The van der Waals surface area contributed by atoms with Gasteiger partial charge in [-0.1, -0.05) is 29.8 Å². The summed E-state index contributed by atoms with van der Waals surface area (Å²) in [7, 11) is 1.65. The van der Waals surface area contributed by atoms with E-state index in [4.69, 9.17) is 11.6 Å². The Labute approximate surface area is 108 Å². The summed E-state index contributed by atoms with van der Waals surface area (Å²) in [6.07, 6.45) is 1.38. The number of carbonyl (C=O) groups is 1. The van der Waals surface area contributed by atoms with Crippen molar-refractivity contribution < 1.29 is 4.79 Å². The topological polar surface area (TPSA) is 41.1 Å². The molecule has 2 N–H and O–H groups in total. The molecule has 94 valence electrons. The molecule has 1 aromatic carbocycles. The second-order valence-corrected chi connectivity index (χ2v) is 4.38. The molecule has 0 unspecified atom stereocenters. The Hall–Kier alpha value is -1.06. The molecule has 1 atom stereocenters. The minimum Gasteiger partial charge on any atom is -0.359 e. The first-order valence-corrected chi connectivity index (χ1v) is 6.21. The van der Waals surface area contributed by atoms with Crippen LogP contribution in [0.15, 0.2) is 24.3 Å². The molecule has 0 radical (unpaired) electrons. The van der Waals surface area contributed by atoms with E-state index in [-0.39, 0.29) is 11.9 Å². The van der Waals surface area contributed by atoms with Crippen molar-refractivity contribution in [3.8, 4) is 0 Å². The standard InChI is InChI=1S/C13H19ClN2O/c1-10(11-6-3-4-7-12(11)14)16-9-5-8-13(17)15-2/h3-4,6-7,10,16H,5,8-9H2,1-2H3,(H,15,17)/t10-/m0/s1. The smallest absolute Gasteiger partial charge is 0.219 e. The molecule has 0 aliphatic rings. The van der Waals surface area contributed by atoms with Crippen molar-refractivity contribution in [1.82, 2.24) is 10.6 Å². The Morgan fingerprint density at radius 3 is 2.76 bits per heavy atom. The molecule has 0 saturated heterocycles. The summed E-state index contributed by atoms with van der Waals surface area (Å²) in [5, 5.41) is 6.74. The summed E-state index contributed by atoms with van der Waals surface area (Å²) < 4.78 is 0. The van der Waals surface area contributed by atoms with Gasteiger partial charge in [-0.05, 0) is 31.5 Å². The minimum atomic E-state index is 0.0807. The lowest BCUT2D eigenvalue weighted by Crippen LogP contribution is -2.23. The zero-order chi connectivity index (χ0) is 12.7. The average Bonchev–Trinajstić information content (AvgIpc) is 2.34. The molecule has 1 rings (SSSR count). The van der Waals surface area contributed by atoms with Gasteiger partial charge in [0, 0.05) is 24.5 Å². The number of hydrogen-bond donors (Lipinski definition) is 2. The van der Waals surface area contributed by atoms with Crippen LogP contribution >= 0.6 is 11.6 Å². The van der Waals surface area contributed by atoms with E-state index < -0.39 is 0 Å². The highest BCUT2D eigenvalue weighted by atomic mass is 35.5. The summed E-state index contributed by atoms with van der Waals surface area (Å²) in [5.74, 6) is 0.0807. The van der Waals surface area contributed by atoms with Gasteiger partial charge in [0.05, 0.1) is 0 Å². The third kappa shape index (κ3) is 4.75. The number of amides is 1. The Bertz CT molecular complexity index is 368. The van der Waals surface area contributed by atoms with E-state index in [0.717, 1.165) is 23.6 Å². The van der Waals surface area contributed by atoms with Crippen LogP contribution in [0.1, 0.15) is 31.4 Å². The van der Waals surface area contributed by atoms with Gasteiger partial charge in [-0.3, -0.25) is 4.79 Å². The van der Waals surface area contributed by atoms with Crippen LogP contribution in [0.2, 0.25) is 5.02 Å². The van der Waals surface area contributed by atoms with Crippen LogP contribution in [0, 0.1) is 0 Å². The fraction of sp³-hybridized carbons (Fsp3) is 0.462. The first-order valence-electron chi connectivity index (χ1n) is 5.83. The first kappa shape index (κ1) is 14.0. The van der Waals surface area contributed by atoms with Crippen molar-refractivity contribution in [1.29, 1.82) is 0 Å². The van der Waals surface area contributed by atoms with E-state index in [9.17, 15) is 4.79 Å². The zero-order valence-corrected chi connectivity index (χ0v) is 11.1. The molecule has 3 nitrogen and oxygen atoms in total. The molecule has 4 heteroatoms. The zero-order valence-electron chi connectivity index (χ0n) is 10.3. The molecule has 0 spiro atoms. The third-order valence-corrected chi connectivity index (χ3v) is 3.03. The van der Waals surface area contributed by atoms with Gasteiger partial charge in [0.25, 0.3) is 0 Å². The second-order valence-electron chi connectivity index (χ2n) is 3.97. The molecular formula is C13H19ClN2O. The molecule has 0 saturated carbocycles. The van der Waals surface area contributed by atoms with Crippen LogP contribution in [-0.2, 0) is 4.79 Å². The van der Waals surface area contributed by atoms with Gasteiger partial charge in [0.1, 0.15) is 0 Å². The van der Waals surface area contributed by atoms with E-state index in [1.807, 2.05) is 24.3 Å². The SMILES string of the molecule is CNC(=O)CCCN[C@@H](C)c1ccccc1Cl. The summed E-state index contributed by atoms with van der Waals surface area (Å²) >= 11 is 6.10. The summed E-state index contributed by atoms with van der Waals surface area (Å²) in [4.78, 5) is 11.0. The maximum atomic E-state index is 11.0. The summed E-state index contributed by atoms with van der Waals surface area (Å²) in [6, 6.07) is 8.00. The van der Waals surface area contributed by atoms with E-state index >= 15 is 0 Å². The highest BCUT2D eigenvalue weighted by molar-refractivity contribution is 6.31. The van der Waals surface area contributed by atoms with Crippen molar-refractivity contribution in [2.24, 2.45) is 0 Å². The van der Waals surface area contributed by atoms with Crippen LogP contribution in [-0.4, -0.2) is 19.5 Å². The van der Waals surface area contributed by atoms with Crippen molar-refractivity contribution in [3.05, 3.63) is 34.9 Å². The predicted molar refractivity (Wildman–Crippen MR) is 71.2 cm³/mol. The van der Waals surface area contributed by atoms with Crippen LogP contribution in [0.4, 0.5) is 0 Å². The monoisotopic (exact) mass is 254 g/mol. The first-order chi connectivity index (χ1) is 8.15. The number of halogens is 1. The Balaban J connectivity index is 2.33. The number of hydrogen-bond acceptors (Lipinski definition) is 2. The van der Waals surface area contributed by atoms with E-state index in [0.29, 0.717) is 6.42 Å². The predicted octanol–water partition coefficient (Wildman–Crippen LogP) is 2.52. The molecule has 0 aromatic heterocycles. The van der Waals surface area contributed by atoms with Crippen molar-refractivity contribution >= 4 is 17.5 Å². The molecule has 0 aliphatic heterocycles. The van der Waals surface area contributed by atoms with Gasteiger partial charge in [-0.15, -0.1) is 0 Å². The number of rotatable bonds is 6. The summed E-state index contributed by atoms with van der Waals surface area (Å²) in [5.41, 5.74) is 1.09. The molecule has 0 heterocycles. The van der Waals surface area contributed by atoms with Gasteiger partial charge < -0.3 is 10.6 Å². The van der Waals surface area contributed by atoms with Gasteiger partial charge in [-0.2, -0.15) is 0 Å². The molecule has 0 aliphatic carbocycles. The second kappa shape index (κ2) is 7.30. The molecular weight excluding hydrogens is 236 g/mol. The minimum absolute atomic E-state index is 0.0807. The highest BCUT2D eigenvalue weighted by Crippen LogP contribution is 2.21. The number of carbonyl (C=O) groups excluding carboxylic acids is 1. The van der Waals surface area contributed by atoms with Crippen molar-refractivity contribution in [2.45, 2.75) is 25.8 Å². The molecule has 1 aromatic rings. The molecule has 1 amide bonds. The largest absolute Gasteiger partial charge is 0.359 e. The van der Waals surface area contributed by atoms with E-state index in [2.05, 4.69) is 17.6 Å². The van der Waals surface area contributed by atoms with Gasteiger partial charge in [0.15, 0.2) is 0 Å². The number of benzene rings is 1. The molecule has 0 fully saturated rings. The van der Waals surface area contributed by atoms with Gasteiger partial charge in [0.2, 0.25) is 5.91 Å². The van der Waals surface area contributed by atoms with Gasteiger partial charge >= 0.3 is 0 Å². The molecule has 0 bridgehead atoms. The van der Waals surface area contributed by atoms with Crippen LogP contribution < -0.4 is 10.6 Å². The molecule has 17 heavy (non-hydrogen) atoms. The normalized spacial score (nSPS) is 12.2. The lowest BCUT2D eigenvalue weighted by atomic mass is 10.1. The van der Waals surface area contributed by atoms with Crippen LogP contribution in [0.5, 0.6) is 0 Å². The van der Waals surface area contributed by atoms with Crippen LogP contribution in [0.25, 0.3) is 0 Å². The van der Waals surface area contributed by atoms with Crippen molar-refractivity contribution in [2.75, 3.05) is 13.6 Å². The van der Waals surface area contributed by atoms with E-state index in [1.165, 1.54) is 0 Å². The summed E-state index contributed by atoms with van der Waals surface area (Å²) in [6.45, 7) is 2.88. The van der Waals surface area contributed by atoms with E-state index in [1.54, 1.807) is 7.05 Å². The number of nitrogens with one attached hydrogen (secondary N) is 2.